The van der Waals surface area contributed by atoms with E-state index in [0.29, 0.717) is 11.9 Å². The molecule has 3 rings (SSSR count). The molecule has 86 valence electrons. The SMILES string of the molecule is O=C1CCC2CN(c3nc(Br)cs3)CCN12. The zero-order valence-corrected chi connectivity index (χ0v) is 11.1. The van der Waals surface area contributed by atoms with Crippen LogP contribution in [0.3, 0.4) is 0 Å². The van der Waals surface area contributed by atoms with Gasteiger partial charge in [-0.3, -0.25) is 4.79 Å². The fourth-order valence-electron chi connectivity index (χ4n) is 2.43. The van der Waals surface area contributed by atoms with Crippen molar-refractivity contribution >= 4 is 38.3 Å². The van der Waals surface area contributed by atoms with Crippen molar-refractivity contribution in [3.8, 4) is 0 Å². The third kappa shape index (κ3) is 1.73. The Morgan fingerprint density at radius 1 is 1.50 bits per heavy atom. The Morgan fingerprint density at radius 2 is 2.38 bits per heavy atom. The molecule has 0 radical (unpaired) electrons. The van der Waals surface area contributed by atoms with Crippen LogP contribution < -0.4 is 4.90 Å². The minimum absolute atomic E-state index is 0.324. The van der Waals surface area contributed by atoms with Gasteiger partial charge in [0.05, 0.1) is 0 Å². The van der Waals surface area contributed by atoms with Crippen LogP contribution >= 0.6 is 27.3 Å². The first kappa shape index (κ1) is 10.5. The second-order valence-corrected chi connectivity index (χ2v) is 5.83. The minimum atomic E-state index is 0.324. The van der Waals surface area contributed by atoms with Crippen molar-refractivity contribution in [1.82, 2.24) is 9.88 Å². The molecule has 0 spiro atoms. The minimum Gasteiger partial charge on any atom is -0.344 e. The largest absolute Gasteiger partial charge is 0.344 e. The van der Waals surface area contributed by atoms with Crippen molar-refractivity contribution in [2.24, 2.45) is 0 Å². The number of piperazine rings is 1. The molecule has 2 aliphatic rings. The second-order valence-electron chi connectivity index (χ2n) is 4.18. The number of hydrogen-bond donors (Lipinski definition) is 0. The van der Waals surface area contributed by atoms with Gasteiger partial charge in [0.25, 0.3) is 0 Å². The molecule has 1 unspecified atom stereocenters. The smallest absolute Gasteiger partial charge is 0.223 e. The van der Waals surface area contributed by atoms with E-state index in [4.69, 9.17) is 0 Å². The van der Waals surface area contributed by atoms with Gasteiger partial charge >= 0.3 is 0 Å². The third-order valence-electron chi connectivity index (χ3n) is 3.23. The van der Waals surface area contributed by atoms with Crippen molar-refractivity contribution in [2.75, 3.05) is 24.5 Å². The molecule has 6 heteroatoms. The van der Waals surface area contributed by atoms with Crippen LogP contribution in [0.25, 0.3) is 0 Å². The Balaban J connectivity index is 1.75. The molecule has 1 aromatic rings. The Morgan fingerprint density at radius 3 is 3.12 bits per heavy atom. The summed E-state index contributed by atoms with van der Waals surface area (Å²) in [6.07, 6.45) is 1.72. The number of carbonyl (C=O) groups is 1. The lowest BCUT2D eigenvalue weighted by Crippen LogP contribution is -2.51. The number of thiazole rings is 1. The van der Waals surface area contributed by atoms with Crippen LogP contribution in [0.5, 0.6) is 0 Å². The molecule has 0 bridgehead atoms. The van der Waals surface area contributed by atoms with Crippen molar-refractivity contribution in [2.45, 2.75) is 18.9 Å². The number of carbonyl (C=O) groups excluding carboxylic acids is 1. The molecule has 1 amide bonds. The second kappa shape index (κ2) is 4.00. The van der Waals surface area contributed by atoms with Crippen molar-refractivity contribution in [1.29, 1.82) is 0 Å². The maximum Gasteiger partial charge on any atom is 0.223 e. The summed E-state index contributed by atoms with van der Waals surface area (Å²) in [5.74, 6) is 0.324. The molecule has 4 nitrogen and oxygen atoms in total. The number of nitrogens with zero attached hydrogens (tertiary/aromatic N) is 3. The van der Waals surface area contributed by atoms with Crippen LogP contribution in [0.4, 0.5) is 5.13 Å². The van der Waals surface area contributed by atoms with Crippen LogP contribution in [0.15, 0.2) is 9.98 Å². The van der Waals surface area contributed by atoms with E-state index in [0.717, 1.165) is 42.2 Å². The summed E-state index contributed by atoms with van der Waals surface area (Å²) in [6.45, 7) is 2.69. The van der Waals surface area contributed by atoms with Gasteiger partial charge in [0.15, 0.2) is 5.13 Å². The molecular weight excluding hydrogens is 290 g/mol. The highest BCUT2D eigenvalue weighted by molar-refractivity contribution is 9.10. The number of anilines is 1. The topological polar surface area (TPSA) is 36.4 Å². The van der Waals surface area contributed by atoms with Gasteiger partial charge in [0.2, 0.25) is 5.91 Å². The summed E-state index contributed by atoms with van der Waals surface area (Å²) >= 11 is 5.03. The predicted octanol–water partition coefficient (Wildman–Crippen LogP) is 1.72. The monoisotopic (exact) mass is 301 g/mol. The fourth-order valence-corrected chi connectivity index (χ4v) is 3.72. The third-order valence-corrected chi connectivity index (χ3v) is 4.84. The Labute approximate surface area is 106 Å². The van der Waals surface area contributed by atoms with E-state index in [1.165, 1.54) is 0 Å². The summed E-state index contributed by atoms with van der Waals surface area (Å²) in [5, 5.41) is 3.06. The lowest BCUT2D eigenvalue weighted by Gasteiger charge is -2.37. The molecule has 16 heavy (non-hydrogen) atoms. The van der Waals surface area contributed by atoms with Gasteiger partial charge in [-0.1, -0.05) is 0 Å². The molecule has 1 atom stereocenters. The molecule has 0 saturated carbocycles. The number of fused-ring (bicyclic) bond motifs is 1. The Bertz CT molecular complexity index is 422. The first-order valence-corrected chi connectivity index (χ1v) is 7.07. The number of halogens is 1. The van der Waals surface area contributed by atoms with E-state index in [1.54, 1.807) is 11.3 Å². The van der Waals surface area contributed by atoms with E-state index in [9.17, 15) is 4.79 Å². The quantitative estimate of drug-likeness (QED) is 0.792. The van der Waals surface area contributed by atoms with Crippen molar-refractivity contribution < 1.29 is 4.79 Å². The summed E-state index contributed by atoms with van der Waals surface area (Å²) in [4.78, 5) is 20.3. The number of aromatic nitrogens is 1. The molecule has 0 N–H and O–H groups in total. The number of rotatable bonds is 1. The predicted molar refractivity (Wildman–Crippen MR) is 66.8 cm³/mol. The van der Waals surface area contributed by atoms with E-state index in [2.05, 4.69) is 25.8 Å². The van der Waals surface area contributed by atoms with Crippen LogP contribution in [0.1, 0.15) is 12.8 Å². The normalized spacial score (nSPS) is 25.1. The summed E-state index contributed by atoms with van der Waals surface area (Å²) in [5.41, 5.74) is 0. The molecular formula is C10H12BrN3OS. The first-order chi connectivity index (χ1) is 7.74. The van der Waals surface area contributed by atoms with Gasteiger partial charge in [0, 0.05) is 37.5 Å². The Kier molecular flexibility index (Phi) is 2.63. The average Bonchev–Trinajstić information content (AvgIpc) is 2.86. The van der Waals surface area contributed by atoms with E-state index in [1.807, 2.05) is 10.3 Å². The van der Waals surface area contributed by atoms with Gasteiger partial charge in [-0.25, -0.2) is 4.98 Å². The number of amides is 1. The van der Waals surface area contributed by atoms with Gasteiger partial charge in [-0.05, 0) is 22.4 Å². The Hall–Kier alpha value is -0.620. The van der Waals surface area contributed by atoms with Gasteiger partial charge in [-0.15, -0.1) is 11.3 Å². The van der Waals surface area contributed by atoms with Gasteiger partial charge in [0.1, 0.15) is 4.60 Å². The summed E-state index contributed by atoms with van der Waals surface area (Å²) < 4.78 is 0.900. The van der Waals surface area contributed by atoms with Gasteiger partial charge in [-0.2, -0.15) is 0 Å². The zero-order valence-electron chi connectivity index (χ0n) is 8.73. The molecule has 1 aromatic heterocycles. The highest BCUT2D eigenvalue weighted by atomic mass is 79.9. The zero-order chi connectivity index (χ0) is 11.1. The number of hydrogen-bond acceptors (Lipinski definition) is 4. The standard InChI is InChI=1S/C10H12BrN3OS/c11-8-6-16-10(12-8)13-3-4-14-7(5-13)1-2-9(14)15/h6-7H,1-5H2. The average molecular weight is 302 g/mol. The fraction of sp³-hybridized carbons (Fsp3) is 0.600. The van der Waals surface area contributed by atoms with Crippen LogP contribution in [-0.2, 0) is 4.79 Å². The first-order valence-electron chi connectivity index (χ1n) is 5.39. The summed E-state index contributed by atoms with van der Waals surface area (Å²) in [6, 6.07) is 0.406. The lowest BCUT2D eigenvalue weighted by molar-refractivity contribution is -0.129. The lowest BCUT2D eigenvalue weighted by atomic mass is 10.2. The van der Waals surface area contributed by atoms with Gasteiger partial charge < -0.3 is 9.80 Å². The van der Waals surface area contributed by atoms with Crippen LogP contribution in [0.2, 0.25) is 0 Å². The van der Waals surface area contributed by atoms with Crippen LogP contribution in [0, 0.1) is 0 Å². The molecule has 0 aromatic carbocycles. The highest BCUT2D eigenvalue weighted by Crippen LogP contribution is 2.29. The van der Waals surface area contributed by atoms with E-state index >= 15 is 0 Å². The van der Waals surface area contributed by atoms with Crippen molar-refractivity contribution in [3.05, 3.63) is 9.98 Å². The maximum atomic E-state index is 11.5. The van der Waals surface area contributed by atoms with Crippen molar-refractivity contribution in [3.63, 3.8) is 0 Å². The maximum absolute atomic E-state index is 11.5. The molecule has 0 aliphatic carbocycles. The van der Waals surface area contributed by atoms with Crippen LogP contribution in [-0.4, -0.2) is 41.5 Å². The molecule has 2 saturated heterocycles. The molecule has 2 aliphatic heterocycles. The summed E-state index contributed by atoms with van der Waals surface area (Å²) in [7, 11) is 0. The molecule has 3 heterocycles. The molecule has 2 fully saturated rings. The van der Waals surface area contributed by atoms with E-state index < -0.39 is 0 Å². The van der Waals surface area contributed by atoms with E-state index in [-0.39, 0.29) is 0 Å². The highest BCUT2D eigenvalue weighted by Gasteiger charge is 2.36.